The van der Waals surface area contributed by atoms with Crippen molar-refractivity contribution in [1.82, 2.24) is 29.8 Å². The first kappa shape index (κ1) is 19.6. The van der Waals surface area contributed by atoms with Crippen LogP contribution in [0.5, 0.6) is 0 Å². The first-order chi connectivity index (χ1) is 15.8. The van der Waals surface area contributed by atoms with E-state index in [0.717, 1.165) is 78.2 Å². The molecule has 2 N–H and O–H groups in total. The van der Waals surface area contributed by atoms with Gasteiger partial charge < -0.3 is 15.0 Å². The minimum Gasteiger partial charge on any atom is -0.379 e. The predicted octanol–water partition coefficient (Wildman–Crippen LogP) is 3.62. The van der Waals surface area contributed by atoms with Crippen LogP contribution in [0.3, 0.4) is 0 Å². The van der Waals surface area contributed by atoms with Gasteiger partial charge in [0.05, 0.1) is 29.6 Å². The van der Waals surface area contributed by atoms with E-state index in [9.17, 15) is 0 Å². The molecule has 1 aromatic carbocycles. The van der Waals surface area contributed by atoms with Gasteiger partial charge in [0.15, 0.2) is 0 Å². The summed E-state index contributed by atoms with van der Waals surface area (Å²) in [4.78, 5) is 23.9. The van der Waals surface area contributed by atoms with E-state index in [-0.39, 0.29) is 0 Å². The molecule has 0 spiro atoms. The number of anilines is 1. The fourth-order valence-corrected chi connectivity index (χ4v) is 5.15. The van der Waals surface area contributed by atoms with E-state index in [4.69, 9.17) is 4.74 Å². The van der Waals surface area contributed by atoms with Crippen molar-refractivity contribution in [1.29, 1.82) is 0 Å². The maximum Gasteiger partial charge on any atom is 0.143 e. The average Bonchev–Trinajstić information content (AvgIpc) is 3.30. The third-order valence-corrected chi connectivity index (χ3v) is 6.85. The van der Waals surface area contributed by atoms with E-state index >= 15 is 0 Å². The topological polar surface area (TPSA) is 91.8 Å². The van der Waals surface area contributed by atoms with Crippen LogP contribution in [0.25, 0.3) is 33.2 Å². The molecule has 1 saturated carbocycles. The number of ether oxygens (including phenoxy) is 1. The minimum atomic E-state index is 0.426. The van der Waals surface area contributed by atoms with Gasteiger partial charge in [0.25, 0.3) is 0 Å². The van der Waals surface area contributed by atoms with Crippen LogP contribution in [0.15, 0.2) is 43.1 Å². The lowest BCUT2D eigenvalue weighted by Crippen LogP contribution is -2.46. The van der Waals surface area contributed by atoms with Gasteiger partial charge in [-0.1, -0.05) is 6.07 Å². The molecule has 164 valence electrons. The number of aromatic nitrogens is 5. The lowest BCUT2D eigenvalue weighted by atomic mass is 9.90. The highest BCUT2D eigenvalue weighted by Crippen LogP contribution is 2.34. The Labute approximate surface area is 186 Å². The Kier molecular flexibility index (Phi) is 5.16. The molecule has 0 amide bonds. The van der Waals surface area contributed by atoms with Crippen molar-refractivity contribution < 1.29 is 4.74 Å². The molecule has 8 nitrogen and oxygen atoms in total. The smallest absolute Gasteiger partial charge is 0.143 e. The first-order valence-electron chi connectivity index (χ1n) is 11.5. The Morgan fingerprint density at radius 3 is 2.59 bits per heavy atom. The lowest BCUT2D eigenvalue weighted by Gasteiger charge is -2.39. The van der Waals surface area contributed by atoms with Gasteiger partial charge in [-0.2, -0.15) is 0 Å². The molecule has 6 rings (SSSR count). The molecule has 2 fully saturated rings. The lowest BCUT2D eigenvalue weighted by molar-refractivity contribution is 0.00791. The summed E-state index contributed by atoms with van der Waals surface area (Å²) in [6, 6.07) is 7.29. The van der Waals surface area contributed by atoms with Crippen molar-refractivity contribution in [3.8, 4) is 11.1 Å². The second-order valence-corrected chi connectivity index (χ2v) is 8.71. The number of H-pyrrole nitrogens is 1. The van der Waals surface area contributed by atoms with Gasteiger partial charge >= 0.3 is 0 Å². The Morgan fingerprint density at radius 2 is 1.75 bits per heavy atom. The highest BCUT2D eigenvalue weighted by molar-refractivity contribution is 6.02. The van der Waals surface area contributed by atoms with Crippen molar-refractivity contribution in [3.63, 3.8) is 0 Å². The van der Waals surface area contributed by atoms with Crippen molar-refractivity contribution in [2.45, 2.75) is 37.8 Å². The number of nitrogens with zero attached hydrogens (tertiary/aromatic N) is 5. The summed E-state index contributed by atoms with van der Waals surface area (Å²) in [6.45, 7) is 3.87. The number of aromatic amines is 1. The standard InChI is InChI=1S/C24H27N7O/c1-6-20-21(26-8-7-25-20)13-16(1)19-14-27-23-22(19)24(29-15-28-23)30-17-2-4-18(5-3-17)31-9-11-32-12-10-31/h1,6-8,13-15,17-18H,2-5,9-12H2,(H2,27,28,29,30). The molecule has 0 radical (unpaired) electrons. The largest absolute Gasteiger partial charge is 0.379 e. The number of rotatable bonds is 4. The summed E-state index contributed by atoms with van der Waals surface area (Å²) in [5, 5.41) is 4.77. The maximum atomic E-state index is 5.52. The van der Waals surface area contributed by atoms with Gasteiger partial charge in [0.2, 0.25) is 0 Å². The van der Waals surface area contributed by atoms with E-state index in [1.807, 2.05) is 12.3 Å². The molecule has 4 aromatic rings. The Hall–Kier alpha value is -3.10. The summed E-state index contributed by atoms with van der Waals surface area (Å²) < 4.78 is 5.52. The van der Waals surface area contributed by atoms with Crippen LogP contribution in [-0.4, -0.2) is 68.2 Å². The fraction of sp³-hybridized carbons (Fsp3) is 0.417. The number of hydrogen-bond donors (Lipinski definition) is 2. The van der Waals surface area contributed by atoms with Gasteiger partial charge in [-0.05, 0) is 43.4 Å². The van der Waals surface area contributed by atoms with Crippen LogP contribution < -0.4 is 5.32 Å². The third kappa shape index (κ3) is 3.69. The van der Waals surface area contributed by atoms with E-state index in [1.54, 1.807) is 18.7 Å². The molecule has 3 aromatic heterocycles. The highest BCUT2D eigenvalue weighted by atomic mass is 16.5. The van der Waals surface area contributed by atoms with Crippen molar-refractivity contribution in [2.75, 3.05) is 31.6 Å². The number of nitrogens with one attached hydrogen (secondary N) is 2. The zero-order chi connectivity index (χ0) is 21.3. The Bertz CT molecular complexity index is 1230. The normalized spacial score (nSPS) is 22.4. The number of benzene rings is 1. The van der Waals surface area contributed by atoms with Gasteiger partial charge in [-0.3, -0.25) is 14.9 Å². The van der Waals surface area contributed by atoms with Crippen LogP contribution in [-0.2, 0) is 4.74 Å². The summed E-state index contributed by atoms with van der Waals surface area (Å²) in [5.74, 6) is 0.903. The van der Waals surface area contributed by atoms with Crippen molar-refractivity contribution in [2.24, 2.45) is 0 Å². The molecule has 8 heteroatoms. The monoisotopic (exact) mass is 429 g/mol. The van der Waals surface area contributed by atoms with E-state index < -0.39 is 0 Å². The average molecular weight is 430 g/mol. The predicted molar refractivity (Wildman–Crippen MR) is 124 cm³/mol. The van der Waals surface area contributed by atoms with Crippen LogP contribution in [0, 0.1) is 0 Å². The molecule has 0 bridgehead atoms. The number of morpholine rings is 1. The Morgan fingerprint density at radius 1 is 0.938 bits per heavy atom. The number of hydrogen-bond acceptors (Lipinski definition) is 7. The summed E-state index contributed by atoms with van der Waals surface area (Å²) in [6.07, 6.45) is 11.8. The molecule has 0 unspecified atom stereocenters. The second-order valence-electron chi connectivity index (χ2n) is 8.71. The molecular formula is C24H27N7O. The summed E-state index contributed by atoms with van der Waals surface area (Å²) >= 11 is 0. The maximum absolute atomic E-state index is 5.52. The fourth-order valence-electron chi connectivity index (χ4n) is 5.15. The SMILES string of the molecule is c1cnc2cc(-c3c[nH]c4ncnc(NC5CCC(N6CCOCC6)CC5)c34)ccc2n1. The molecule has 0 atom stereocenters. The number of fused-ring (bicyclic) bond motifs is 2. The second kappa shape index (κ2) is 8.44. The first-order valence-corrected chi connectivity index (χ1v) is 11.5. The zero-order valence-corrected chi connectivity index (χ0v) is 18.0. The van der Waals surface area contributed by atoms with Crippen LogP contribution in [0.2, 0.25) is 0 Å². The van der Waals surface area contributed by atoms with E-state index in [2.05, 4.69) is 47.3 Å². The molecule has 4 heterocycles. The zero-order valence-electron chi connectivity index (χ0n) is 18.0. The molecule has 2 aliphatic rings. The third-order valence-electron chi connectivity index (χ3n) is 6.85. The van der Waals surface area contributed by atoms with Crippen LogP contribution in [0.4, 0.5) is 5.82 Å². The highest BCUT2D eigenvalue weighted by Gasteiger charge is 2.27. The van der Waals surface area contributed by atoms with E-state index in [0.29, 0.717) is 12.1 Å². The summed E-state index contributed by atoms with van der Waals surface area (Å²) in [5.41, 5.74) is 4.78. The minimum absolute atomic E-state index is 0.426. The van der Waals surface area contributed by atoms with Crippen LogP contribution >= 0.6 is 0 Å². The van der Waals surface area contributed by atoms with Gasteiger partial charge in [-0.15, -0.1) is 0 Å². The van der Waals surface area contributed by atoms with E-state index in [1.165, 1.54) is 12.8 Å². The molecule has 32 heavy (non-hydrogen) atoms. The van der Waals surface area contributed by atoms with Gasteiger partial charge in [-0.25, -0.2) is 9.97 Å². The van der Waals surface area contributed by atoms with Crippen LogP contribution in [0.1, 0.15) is 25.7 Å². The Balaban J connectivity index is 1.25. The molecule has 1 aliphatic carbocycles. The van der Waals surface area contributed by atoms with Crippen molar-refractivity contribution in [3.05, 3.63) is 43.1 Å². The molecular weight excluding hydrogens is 402 g/mol. The van der Waals surface area contributed by atoms with Gasteiger partial charge in [0.1, 0.15) is 17.8 Å². The molecule has 1 saturated heterocycles. The van der Waals surface area contributed by atoms with Crippen molar-refractivity contribution >= 4 is 27.9 Å². The molecule has 1 aliphatic heterocycles. The quantitative estimate of drug-likeness (QED) is 0.512. The summed E-state index contributed by atoms with van der Waals surface area (Å²) in [7, 11) is 0. The van der Waals surface area contributed by atoms with Gasteiger partial charge in [0, 0.05) is 49.3 Å².